The lowest BCUT2D eigenvalue weighted by Crippen LogP contribution is -2.49. The first-order chi connectivity index (χ1) is 13.7. The smallest absolute Gasteiger partial charge is 0.254 e. The van der Waals surface area contributed by atoms with Crippen LogP contribution < -0.4 is 9.47 Å². The van der Waals surface area contributed by atoms with Crippen LogP contribution in [0.2, 0.25) is 0 Å². The number of carbonyl (C=O) groups excluding carboxylic acids is 1. The number of ether oxygens (including phenoxy) is 3. The van der Waals surface area contributed by atoms with Gasteiger partial charge in [-0.1, -0.05) is 6.07 Å². The molecule has 3 heterocycles. The Kier molecular flexibility index (Phi) is 5.48. The first-order valence-electron chi connectivity index (χ1n) is 9.74. The second-order valence-corrected chi connectivity index (χ2v) is 7.38. The third-order valence-corrected chi connectivity index (χ3v) is 5.85. The van der Waals surface area contributed by atoms with Crippen molar-refractivity contribution in [3.8, 4) is 11.6 Å². The van der Waals surface area contributed by atoms with Crippen molar-refractivity contribution in [2.24, 2.45) is 5.92 Å². The van der Waals surface area contributed by atoms with Gasteiger partial charge in [0.2, 0.25) is 5.88 Å². The highest BCUT2D eigenvalue weighted by Crippen LogP contribution is 2.34. The topological polar surface area (TPSA) is 60.9 Å². The zero-order chi connectivity index (χ0) is 19.5. The summed E-state index contributed by atoms with van der Waals surface area (Å²) in [5.74, 6) is 1.78. The summed E-state index contributed by atoms with van der Waals surface area (Å²) in [5.41, 5.74) is 3.06. The number of hydrogen-bond donors (Lipinski definition) is 0. The fourth-order valence-electron chi connectivity index (χ4n) is 4.27. The van der Waals surface area contributed by atoms with Gasteiger partial charge in [0, 0.05) is 43.6 Å². The minimum atomic E-state index is 0.0265. The molecule has 6 heteroatoms. The Morgan fingerprint density at radius 3 is 2.68 bits per heavy atom. The van der Waals surface area contributed by atoms with Crippen molar-refractivity contribution in [1.29, 1.82) is 0 Å². The number of rotatable bonds is 4. The minimum Gasteiger partial charge on any atom is -0.497 e. The molecule has 2 aromatic rings. The molecule has 2 aliphatic heterocycles. The monoisotopic (exact) mass is 382 g/mol. The van der Waals surface area contributed by atoms with E-state index in [1.165, 1.54) is 11.1 Å². The summed E-state index contributed by atoms with van der Waals surface area (Å²) < 4.78 is 16.2. The Morgan fingerprint density at radius 2 is 1.93 bits per heavy atom. The van der Waals surface area contributed by atoms with Crippen molar-refractivity contribution in [1.82, 2.24) is 9.88 Å². The van der Waals surface area contributed by atoms with Crippen LogP contribution >= 0.6 is 0 Å². The zero-order valence-electron chi connectivity index (χ0n) is 16.4. The van der Waals surface area contributed by atoms with Crippen LogP contribution in [0, 0.1) is 5.92 Å². The predicted octanol–water partition coefficient (Wildman–Crippen LogP) is 3.09. The molecule has 0 bridgehead atoms. The summed E-state index contributed by atoms with van der Waals surface area (Å²) in [5, 5.41) is 0. The van der Waals surface area contributed by atoms with E-state index in [9.17, 15) is 4.79 Å². The van der Waals surface area contributed by atoms with E-state index < -0.39 is 0 Å². The lowest BCUT2D eigenvalue weighted by Gasteiger charge is -2.42. The Labute approximate surface area is 165 Å². The van der Waals surface area contributed by atoms with E-state index in [1.54, 1.807) is 32.5 Å². The van der Waals surface area contributed by atoms with Crippen molar-refractivity contribution in [2.75, 3.05) is 27.4 Å². The molecule has 1 aromatic heterocycles. The van der Waals surface area contributed by atoms with Crippen molar-refractivity contribution in [2.45, 2.75) is 31.8 Å². The van der Waals surface area contributed by atoms with Crippen LogP contribution in [0.4, 0.5) is 0 Å². The molecule has 1 fully saturated rings. The molecule has 4 rings (SSSR count). The van der Waals surface area contributed by atoms with Gasteiger partial charge in [0.05, 0.1) is 14.2 Å². The van der Waals surface area contributed by atoms with Crippen molar-refractivity contribution in [3.05, 3.63) is 53.2 Å². The molecule has 0 spiro atoms. The van der Waals surface area contributed by atoms with Crippen LogP contribution in [-0.2, 0) is 17.7 Å². The molecule has 1 atom stereocenters. The van der Waals surface area contributed by atoms with Crippen LogP contribution in [-0.4, -0.2) is 49.3 Å². The number of pyridine rings is 1. The lowest BCUT2D eigenvalue weighted by atomic mass is 9.82. The van der Waals surface area contributed by atoms with E-state index in [0.717, 1.165) is 38.2 Å². The molecule has 0 radical (unpaired) electrons. The Balaban J connectivity index is 1.67. The van der Waals surface area contributed by atoms with E-state index in [-0.39, 0.29) is 11.9 Å². The molecule has 0 aliphatic carbocycles. The fraction of sp³-hybridized carbons (Fsp3) is 0.455. The van der Waals surface area contributed by atoms with E-state index in [4.69, 9.17) is 14.2 Å². The first kappa shape index (κ1) is 18.7. The number of aromatic nitrogens is 1. The molecule has 0 N–H and O–H groups in total. The molecule has 1 amide bonds. The van der Waals surface area contributed by atoms with Crippen LogP contribution in [0.1, 0.15) is 34.3 Å². The highest BCUT2D eigenvalue weighted by molar-refractivity contribution is 5.94. The summed E-state index contributed by atoms with van der Waals surface area (Å²) in [6.07, 6.45) is 4.42. The molecular formula is C22H26N2O4. The van der Waals surface area contributed by atoms with Crippen LogP contribution in [0.25, 0.3) is 0 Å². The summed E-state index contributed by atoms with van der Waals surface area (Å²) >= 11 is 0. The number of benzene rings is 1. The Morgan fingerprint density at radius 1 is 1.11 bits per heavy atom. The quantitative estimate of drug-likeness (QED) is 0.813. The lowest BCUT2D eigenvalue weighted by molar-refractivity contribution is 0.0180. The van der Waals surface area contributed by atoms with Crippen molar-refractivity contribution < 1.29 is 19.0 Å². The summed E-state index contributed by atoms with van der Waals surface area (Å²) in [7, 11) is 3.25. The highest BCUT2D eigenvalue weighted by Gasteiger charge is 2.36. The molecule has 148 valence electrons. The molecule has 1 aromatic carbocycles. The number of fused-ring (bicyclic) bond motifs is 1. The fourth-order valence-corrected chi connectivity index (χ4v) is 4.27. The molecule has 28 heavy (non-hydrogen) atoms. The van der Waals surface area contributed by atoms with Gasteiger partial charge in [-0.2, -0.15) is 0 Å². The third-order valence-electron chi connectivity index (χ3n) is 5.85. The molecule has 0 unspecified atom stereocenters. The number of nitrogens with zero attached hydrogens (tertiary/aromatic N) is 2. The third kappa shape index (κ3) is 3.69. The second kappa shape index (κ2) is 8.19. The Hall–Kier alpha value is -2.60. The zero-order valence-corrected chi connectivity index (χ0v) is 16.4. The maximum Gasteiger partial charge on any atom is 0.254 e. The van der Waals surface area contributed by atoms with E-state index in [1.807, 2.05) is 11.0 Å². The number of methoxy groups -OCH3 is 2. The van der Waals surface area contributed by atoms with Crippen LogP contribution in [0.5, 0.6) is 11.6 Å². The van der Waals surface area contributed by atoms with E-state index in [0.29, 0.717) is 23.9 Å². The number of carbonyl (C=O) groups is 1. The van der Waals surface area contributed by atoms with Crippen molar-refractivity contribution >= 4 is 5.91 Å². The number of amides is 1. The van der Waals surface area contributed by atoms with Gasteiger partial charge < -0.3 is 19.1 Å². The molecular weight excluding hydrogens is 356 g/mol. The van der Waals surface area contributed by atoms with Gasteiger partial charge >= 0.3 is 0 Å². The molecule has 6 nitrogen and oxygen atoms in total. The molecule has 0 saturated carbocycles. The second-order valence-electron chi connectivity index (χ2n) is 7.38. The van der Waals surface area contributed by atoms with Gasteiger partial charge in [-0.3, -0.25) is 4.79 Å². The number of hydrogen-bond acceptors (Lipinski definition) is 5. The van der Waals surface area contributed by atoms with E-state index in [2.05, 4.69) is 17.1 Å². The maximum atomic E-state index is 13.4. The summed E-state index contributed by atoms with van der Waals surface area (Å²) in [6, 6.07) is 9.77. The normalized spacial score (nSPS) is 19.8. The van der Waals surface area contributed by atoms with E-state index >= 15 is 0 Å². The van der Waals surface area contributed by atoms with Gasteiger partial charge in [-0.15, -0.1) is 0 Å². The van der Waals surface area contributed by atoms with Gasteiger partial charge in [-0.05, 0) is 54.5 Å². The first-order valence-corrected chi connectivity index (χ1v) is 9.74. The SMILES string of the molecule is COc1ccc2c(c1)C[C@@H](C1CCOCC1)N(C(=O)c1ccnc(OC)c1)C2. The standard InChI is InChI=1S/C22H26N2O4/c1-26-19-4-3-17-14-24(22(25)16-5-8-23-21(13-16)27-2)20(12-18(17)11-19)15-6-9-28-10-7-15/h3-5,8,11,13,15,20H,6-7,9-10,12,14H2,1-2H3/t20-/m0/s1. The van der Waals surface area contributed by atoms with Crippen molar-refractivity contribution in [3.63, 3.8) is 0 Å². The largest absolute Gasteiger partial charge is 0.497 e. The average Bonchev–Trinajstić information content (AvgIpc) is 2.77. The highest BCUT2D eigenvalue weighted by atomic mass is 16.5. The van der Waals surface area contributed by atoms with Crippen LogP contribution in [0.3, 0.4) is 0 Å². The Bertz CT molecular complexity index is 848. The van der Waals surface area contributed by atoms with Gasteiger partial charge in [0.15, 0.2) is 0 Å². The molecule has 1 saturated heterocycles. The summed E-state index contributed by atoms with van der Waals surface area (Å²) in [4.78, 5) is 19.6. The predicted molar refractivity (Wildman–Crippen MR) is 105 cm³/mol. The van der Waals surface area contributed by atoms with Gasteiger partial charge in [-0.25, -0.2) is 4.98 Å². The average molecular weight is 382 g/mol. The minimum absolute atomic E-state index is 0.0265. The summed E-state index contributed by atoms with van der Waals surface area (Å²) in [6.45, 7) is 2.12. The molecule has 2 aliphatic rings. The van der Waals surface area contributed by atoms with Gasteiger partial charge in [0.25, 0.3) is 5.91 Å². The maximum absolute atomic E-state index is 13.4. The van der Waals surface area contributed by atoms with Gasteiger partial charge in [0.1, 0.15) is 5.75 Å². The van der Waals surface area contributed by atoms with Crippen LogP contribution in [0.15, 0.2) is 36.5 Å².